The average molecular weight is 334 g/mol. The van der Waals surface area contributed by atoms with Crippen LogP contribution in [0.2, 0.25) is 0 Å². The third-order valence-corrected chi connectivity index (χ3v) is 4.88. The fourth-order valence-corrected chi connectivity index (χ4v) is 3.67. The lowest BCUT2D eigenvalue weighted by molar-refractivity contribution is 1.16. The largest absolute Gasteiger partial charge is 0.139 e. The molecule has 14 heavy (non-hydrogen) atoms. The second-order valence-corrected chi connectivity index (χ2v) is 5.80. The van der Waals surface area contributed by atoms with Gasteiger partial charge in [0.05, 0.1) is 0 Å². The van der Waals surface area contributed by atoms with Gasteiger partial charge >= 0.3 is 0 Å². The Bertz CT molecular complexity index is 460. The van der Waals surface area contributed by atoms with E-state index in [4.69, 9.17) is 0 Å². The Balaban J connectivity index is 2.71. The number of aryl methyl sites for hydroxylation is 1. The van der Waals surface area contributed by atoms with Crippen molar-refractivity contribution < 1.29 is 0 Å². The fraction of sp³-hybridized carbons (Fsp3) is 0.273. The minimum Gasteiger partial charge on any atom is -0.139 e. The second-order valence-electron chi connectivity index (χ2n) is 3.18. The van der Waals surface area contributed by atoms with E-state index in [2.05, 4.69) is 57.0 Å². The van der Waals surface area contributed by atoms with E-state index in [0.29, 0.717) is 0 Å². The van der Waals surface area contributed by atoms with E-state index in [0.717, 1.165) is 11.8 Å². The highest BCUT2D eigenvalue weighted by molar-refractivity contribution is 9.10. The molecule has 1 aromatic heterocycles. The number of alkyl halides is 1. The second kappa shape index (κ2) is 4.33. The van der Waals surface area contributed by atoms with Gasteiger partial charge in [0.1, 0.15) is 0 Å². The molecule has 0 aliphatic heterocycles. The van der Waals surface area contributed by atoms with E-state index in [1.807, 2.05) is 11.3 Å². The third-order valence-electron chi connectivity index (χ3n) is 2.22. The quantitative estimate of drug-likeness (QED) is 0.669. The van der Waals surface area contributed by atoms with Gasteiger partial charge in [-0.2, -0.15) is 0 Å². The van der Waals surface area contributed by atoms with Crippen LogP contribution < -0.4 is 0 Å². The molecular weight excluding hydrogens is 324 g/mol. The van der Waals surface area contributed by atoms with Crippen molar-refractivity contribution in [3.8, 4) is 0 Å². The van der Waals surface area contributed by atoms with Crippen LogP contribution in [0.5, 0.6) is 0 Å². The zero-order chi connectivity index (χ0) is 10.1. The number of fused-ring (bicyclic) bond motifs is 1. The van der Waals surface area contributed by atoms with Gasteiger partial charge in [-0.15, -0.1) is 11.3 Å². The molecule has 0 unspecified atom stereocenters. The van der Waals surface area contributed by atoms with Crippen molar-refractivity contribution in [2.24, 2.45) is 0 Å². The van der Waals surface area contributed by atoms with E-state index >= 15 is 0 Å². The molecule has 0 atom stereocenters. The van der Waals surface area contributed by atoms with Crippen molar-refractivity contribution in [1.29, 1.82) is 0 Å². The molecule has 0 spiro atoms. The van der Waals surface area contributed by atoms with Gasteiger partial charge in [0.2, 0.25) is 0 Å². The SMILES string of the molecule is CCc1cc(Br)cc2cc(CBr)sc12. The van der Waals surface area contributed by atoms with Gasteiger partial charge in [0.15, 0.2) is 0 Å². The normalized spacial score (nSPS) is 11.1. The Morgan fingerprint density at radius 2 is 2.07 bits per heavy atom. The van der Waals surface area contributed by atoms with Crippen LogP contribution in [0.1, 0.15) is 17.4 Å². The summed E-state index contributed by atoms with van der Waals surface area (Å²) in [5.74, 6) is 0. The first kappa shape index (κ1) is 10.7. The molecule has 1 aromatic carbocycles. The standard InChI is InChI=1S/C11H10Br2S/c1-2-7-3-9(13)4-8-5-10(6-12)14-11(7)8/h3-5H,2,6H2,1H3. The van der Waals surface area contributed by atoms with Gasteiger partial charge in [-0.3, -0.25) is 0 Å². The molecule has 2 rings (SSSR count). The minimum absolute atomic E-state index is 0.952. The van der Waals surface area contributed by atoms with Gasteiger partial charge in [-0.05, 0) is 35.6 Å². The van der Waals surface area contributed by atoms with Gasteiger partial charge in [0, 0.05) is 19.4 Å². The monoisotopic (exact) mass is 332 g/mol. The summed E-state index contributed by atoms with van der Waals surface area (Å²) in [4.78, 5) is 1.40. The van der Waals surface area contributed by atoms with Crippen molar-refractivity contribution in [3.63, 3.8) is 0 Å². The highest BCUT2D eigenvalue weighted by atomic mass is 79.9. The van der Waals surface area contributed by atoms with Crippen LogP contribution in [0.3, 0.4) is 0 Å². The van der Waals surface area contributed by atoms with Crippen LogP contribution >= 0.6 is 43.2 Å². The van der Waals surface area contributed by atoms with E-state index in [1.54, 1.807) is 0 Å². The Hall–Kier alpha value is 0.140. The van der Waals surface area contributed by atoms with Crippen molar-refractivity contribution in [2.45, 2.75) is 18.7 Å². The molecule has 0 aliphatic carbocycles. The summed E-state index contributed by atoms with van der Waals surface area (Å²) in [6.07, 6.45) is 1.10. The lowest BCUT2D eigenvalue weighted by Crippen LogP contribution is -1.79. The summed E-state index contributed by atoms with van der Waals surface area (Å²) in [6.45, 7) is 2.20. The number of benzene rings is 1. The summed E-state index contributed by atoms with van der Waals surface area (Å²) in [6, 6.07) is 6.67. The smallest absolute Gasteiger partial charge is 0.0378 e. The molecule has 0 radical (unpaired) electrons. The zero-order valence-electron chi connectivity index (χ0n) is 7.81. The van der Waals surface area contributed by atoms with E-state index in [1.165, 1.54) is 25.0 Å². The van der Waals surface area contributed by atoms with Gasteiger partial charge < -0.3 is 0 Å². The van der Waals surface area contributed by atoms with E-state index < -0.39 is 0 Å². The molecule has 3 heteroatoms. The summed E-state index contributed by atoms with van der Waals surface area (Å²) in [5, 5.41) is 2.31. The van der Waals surface area contributed by atoms with Crippen molar-refractivity contribution >= 4 is 53.3 Å². The molecule has 0 fully saturated rings. The molecule has 0 N–H and O–H groups in total. The fourth-order valence-electron chi connectivity index (χ4n) is 1.57. The van der Waals surface area contributed by atoms with Crippen molar-refractivity contribution in [3.05, 3.63) is 33.1 Å². The molecular formula is C11H10Br2S. The predicted octanol–water partition coefficient (Wildman–Crippen LogP) is 5.12. The van der Waals surface area contributed by atoms with Crippen LogP contribution in [-0.2, 0) is 11.8 Å². The van der Waals surface area contributed by atoms with Crippen LogP contribution in [-0.4, -0.2) is 0 Å². The summed E-state index contributed by atoms with van der Waals surface area (Å²) in [7, 11) is 0. The lowest BCUT2D eigenvalue weighted by Gasteiger charge is -1.99. The van der Waals surface area contributed by atoms with Gasteiger partial charge in [-0.25, -0.2) is 0 Å². The molecule has 0 amide bonds. The number of thiophene rings is 1. The van der Waals surface area contributed by atoms with E-state index in [-0.39, 0.29) is 0 Å². The third kappa shape index (κ3) is 1.90. The predicted molar refractivity (Wildman–Crippen MR) is 71.5 cm³/mol. The molecule has 0 aliphatic rings. The molecule has 74 valence electrons. The van der Waals surface area contributed by atoms with Crippen molar-refractivity contribution in [1.82, 2.24) is 0 Å². The Morgan fingerprint density at radius 1 is 1.29 bits per heavy atom. The Labute approximate surface area is 105 Å². The first-order valence-corrected chi connectivity index (χ1v) is 7.24. The maximum Gasteiger partial charge on any atom is 0.0378 e. The first-order chi connectivity index (χ1) is 6.74. The number of hydrogen-bond donors (Lipinski definition) is 0. The van der Waals surface area contributed by atoms with Crippen molar-refractivity contribution in [2.75, 3.05) is 0 Å². The Morgan fingerprint density at radius 3 is 2.71 bits per heavy atom. The maximum atomic E-state index is 3.55. The highest BCUT2D eigenvalue weighted by Crippen LogP contribution is 2.33. The van der Waals surface area contributed by atoms with Crippen LogP contribution in [0.15, 0.2) is 22.7 Å². The first-order valence-electron chi connectivity index (χ1n) is 4.51. The molecule has 0 saturated heterocycles. The molecule has 2 aromatic rings. The van der Waals surface area contributed by atoms with Crippen LogP contribution in [0, 0.1) is 0 Å². The lowest BCUT2D eigenvalue weighted by atomic mass is 10.1. The van der Waals surface area contributed by atoms with Gasteiger partial charge in [-0.1, -0.05) is 38.8 Å². The summed E-state index contributed by atoms with van der Waals surface area (Å²) >= 11 is 8.94. The van der Waals surface area contributed by atoms with Crippen LogP contribution in [0.4, 0.5) is 0 Å². The summed E-state index contributed by atoms with van der Waals surface area (Å²) < 4.78 is 2.62. The zero-order valence-corrected chi connectivity index (χ0v) is 11.8. The minimum atomic E-state index is 0.952. The Kier molecular flexibility index (Phi) is 3.30. The van der Waals surface area contributed by atoms with E-state index in [9.17, 15) is 0 Å². The number of rotatable bonds is 2. The van der Waals surface area contributed by atoms with Crippen LogP contribution in [0.25, 0.3) is 10.1 Å². The number of halogens is 2. The van der Waals surface area contributed by atoms with Gasteiger partial charge in [0.25, 0.3) is 0 Å². The number of hydrogen-bond acceptors (Lipinski definition) is 1. The maximum absolute atomic E-state index is 3.55. The summed E-state index contributed by atoms with van der Waals surface area (Å²) in [5.41, 5.74) is 1.44. The molecule has 0 nitrogen and oxygen atoms in total. The highest BCUT2D eigenvalue weighted by Gasteiger charge is 2.06. The molecule has 0 saturated carbocycles. The molecule has 0 bridgehead atoms. The topological polar surface area (TPSA) is 0 Å². The average Bonchev–Trinajstić information content (AvgIpc) is 2.59. The molecule has 1 heterocycles.